The first-order valence-corrected chi connectivity index (χ1v) is 6.45. The number of benzene rings is 1. The lowest BCUT2D eigenvalue weighted by Crippen LogP contribution is -2.14. The molecule has 19 heavy (non-hydrogen) atoms. The van der Waals surface area contributed by atoms with Crippen LogP contribution in [-0.4, -0.2) is 10.9 Å². The van der Waals surface area contributed by atoms with Gasteiger partial charge in [0.05, 0.1) is 11.8 Å². The maximum Gasteiger partial charge on any atom is 0.257 e. The van der Waals surface area contributed by atoms with E-state index in [1.165, 1.54) is 6.20 Å². The number of halogens is 2. The van der Waals surface area contributed by atoms with Crippen molar-refractivity contribution < 1.29 is 9.18 Å². The highest BCUT2D eigenvalue weighted by Gasteiger charge is 2.11. The third-order valence-corrected chi connectivity index (χ3v) is 3.16. The van der Waals surface area contributed by atoms with E-state index in [4.69, 9.17) is 0 Å². The summed E-state index contributed by atoms with van der Waals surface area (Å²) in [5.41, 5.74) is 2.80. The van der Waals surface area contributed by atoms with Crippen LogP contribution in [0.3, 0.4) is 0 Å². The summed E-state index contributed by atoms with van der Waals surface area (Å²) in [6.45, 7) is 3.80. The summed E-state index contributed by atoms with van der Waals surface area (Å²) in [5.74, 6) is -0.905. The van der Waals surface area contributed by atoms with Gasteiger partial charge in [-0.05, 0) is 43.2 Å². The third-order valence-electron chi connectivity index (χ3n) is 2.70. The fraction of sp³-hybridized carbons (Fsp3) is 0.143. The second-order valence-corrected chi connectivity index (χ2v) is 5.18. The normalized spacial score (nSPS) is 10.3. The molecule has 2 rings (SSSR count). The number of carbonyl (C=O) groups is 1. The van der Waals surface area contributed by atoms with Crippen molar-refractivity contribution in [3.05, 3.63) is 57.6 Å². The van der Waals surface area contributed by atoms with Crippen molar-refractivity contribution in [1.82, 2.24) is 4.98 Å². The molecule has 0 radical (unpaired) electrons. The van der Waals surface area contributed by atoms with Gasteiger partial charge in [-0.1, -0.05) is 15.9 Å². The smallest absolute Gasteiger partial charge is 0.257 e. The molecule has 0 aliphatic carbocycles. The number of amides is 1. The molecule has 0 unspecified atom stereocenters. The van der Waals surface area contributed by atoms with E-state index < -0.39 is 5.82 Å². The van der Waals surface area contributed by atoms with Crippen LogP contribution in [0.25, 0.3) is 0 Å². The van der Waals surface area contributed by atoms with E-state index in [0.717, 1.165) is 33.6 Å². The maximum absolute atomic E-state index is 13.0. The fourth-order valence-corrected chi connectivity index (χ4v) is 2.52. The third kappa shape index (κ3) is 3.17. The zero-order valence-electron chi connectivity index (χ0n) is 10.5. The molecule has 1 heterocycles. The number of pyridine rings is 1. The number of carbonyl (C=O) groups excluding carboxylic acids is 1. The summed E-state index contributed by atoms with van der Waals surface area (Å²) in [6, 6.07) is 4.98. The van der Waals surface area contributed by atoms with E-state index in [1.54, 1.807) is 0 Å². The molecule has 0 atom stereocenters. The molecule has 0 fully saturated rings. The number of aryl methyl sites for hydroxylation is 2. The molecule has 0 saturated heterocycles. The molecule has 2 aromatic rings. The van der Waals surface area contributed by atoms with Gasteiger partial charge < -0.3 is 5.32 Å². The first-order chi connectivity index (χ1) is 8.97. The molecule has 0 bridgehead atoms. The van der Waals surface area contributed by atoms with Gasteiger partial charge >= 0.3 is 0 Å². The van der Waals surface area contributed by atoms with E-state index in [2.05, 4.69) is 26.2 Å². The Kier molecular flexibility index (Phi) is 3.95. The Morgan fingerprint density at radius 1 is 1.21 bits per heavy atom. The number of hydrogen-bond acceptors (Lipinski definition) is 2. The minimum atomic E-state index is -0.531. The van der Waals surface area contributed by atoms with Gasteiger partial charge in [0.1, 0.15) is 5.82 Å². The van der Waals surface area contributed by atoms with Crippen molar-refractivity contribution >= 4 is 27.5 Å². The first-order valence-electron chi connectivity index (χ1n) is 5.66. The summed E-state index contributed by atoms with van der Waals surface area (Å²) in [4.78, 5) is 15.7. The summed E-state index contributed by atoms with van der Waals surface area (Å²) < 4.78 is 14.0. The zero-order valence-corrected chi connectivity index (χ0v) is 12.1. The lowest BCUT2D eigenvalue weighted by atomic mass is 10.1. The van der Waals surface area contributed by atoms with Crippen LogP contribution >= 0.6 is 15.9 Å². The second-order valence-electron chi connectivity index (χ2n) is 4.26. The summed E-state index contributed by atoms with van der Waals surface area (Å²) in [7, 11) is 0. The van der Waals surface area contributed by atoms with Crippen molar-refractivity contribution in [3.63, 3.8) is 0 Å². The van der Waals surface area contributed by atoms with Crippen LogP contribution in [0.4, 0.5) is 10.1 Å². The molecule has 1 aromatic carbocycles. The van der Waals surface area contributed by atoms with E-state index in [1.807, 2.05) is 26.0 Å². The molecule has 98 valence electrons. The van der Waals surface area contributed by atoms with Gasteiger partial charge in [-0.2, -0.15) is 0 Å². The SMILES string of the molecule is Cc1cc(Br)cc(C)c1NC(=O)c1cncc(F)c1. The average molecular weight is 323 g/mol. The second kappa shape index (κ2) is 5.48. The van der Waals surface area contributed by atoms with Gasteiger partial charge in [-0.15, -0.1) is 0 Å². The molecule has 0 aliphatic rings. The maximum atomic E-state index is 13.0. The van der Waals surface area contributed by atoms with Crippen LogP contribution in [0.5, 0.6) is 0 Å². The number of hydrogen-bond donors (Lipinski definition) is 1. The van der Waals surface area contributed by atoms with Crippen molar-refractivity contribution in [3.8, 4) is 0 Å². The van der Waals surface area contributed by atoms with Crippen LogP contribution in [0, 0.1) is 19.7 Å². The minimum Gasteiger partial charge on any atom is -0.321 e. The van der Waals surface area contributed by atoms with Crippen LogP contribution in [-0.2, 0) is 0 Å². The van der Waals surface area contributed by atoms with Crippen molar-refractivity contribution in [2.24, 2.45) is 0 Å². The van der Waals surface area contributed by atoms with Gasteiger partial charge in [0.15, 0.2) is 0 Å². The summed E-state index contributed by atoms with van der Waals surface area (Å²) >= 11 is 3.40. The molecule has 3 nitrogen and oxygen atoms in total. The molecule has 5 heteroatoms. The Labute approximate surface area is 119 Å². The van der Waals surface area contributed by atoms with Crippen LogP contribution in [0.2, 0.25) is 0 Å². The highest BCUT2D eigenvalue weighted by molar-refractivity contribution is 9.10. The lowest BCUT2D eigenvalue weighted by Gasteiger charge is -2.12. The van der Waals surface area contributed by atoms with E-state index >= 15 is 0 Å². The predicted molar refractivity (Wildman–Crippen MR) is 75.8 cm³/mol. The van der Waals surface area contributed by atoms with Gasteiger partial charge in [0, 0.05) is 16.4 Å². The average Bonchev–Trinajstić information content (AvgIpc) is 2.33. The molecule has 0 saturated carbocycles. The first kappa shape index (κ1) is 13.7. The Hall–Kier alpha value is -1.75. The molecule has 1 aromatic heterocycles. The quantitative estimate of drug-likeness (QED) is 0.912. The lowest BCUT2D eigenvalue weighted by molar-refractivity contribution is 0.102. The molecule has 0 spiro atoms. The van der Waals surface area contributed by atoms with Crippen molar-refractivity contribution in [1.29, 1.82) is 0 Å². The van der Waals surface area contributed by atoms with Gasteiger partial charge in [-0.25, -0.2) is 4.39 Å². The van der Waals surface area contributed by atoms with Crippen molar-refractivity contribution in [2.45, 2.75) is 13.8 Å². The van der Waals surface area contributed by atoms with E-state index in [9.17, 15) is 9.18 Å². The molecular weight excluding hydrogens is 311 g/mol. The zero-order chi connectivity index (χ0) is 14.0. The highest BCUT2D eigenvalue weighted by Crippen LogP contribution is 2.25. The Bertz CT molecular complexity index is 620. The molecule has 1 N–H and O–H groups in total. The molecule has 1 amide bonds. The number of rotatable bonds is 2. The van der Waals surface area contributed by atoms with Crippen LogP contribution in [0.1, 0.15) is 21.5 Å². The van der Waals surface area contributed by atoms with Gasteiger partial charge in [-0.3, -0.25) is 9.78 Å². The standard InChI is InChI=1S/C14H12BrFN2O/c1-8-3-11(15)4-9(2)13(8)18-14(19)10-5-12(16)7-17-6-10/h3-7H,1-2H3,(H,18,19). The van der Waals surface area contributed by atoms with Crippen LogP contribution in [0.15, 0.2) is 35.1 Å². The monoisotopic (exact) mass is 322 g/mol. The topological polar surface area (TPSA) is 42.0 Å². The fourth-order valence-electron chi connectivity index (χ4n) is 1.83. The largest absolute Gasteiger partial charge is 0.321 e. The Balaban J connectivity index is 2.29. The van der Waals surface area contributed by atoms with Gasteiger partial charge in [0.25, 0.3) is 5.91 Å². The van der Waals surface area contributed by atoms with Crippen molar-refractivity contribution in [2.75, 3.05) is 5.32 Å². The number of nitrogens with one attached hydrogen (secondary N) is 1. The Morgan fingerprint density at radius 3 is 2.42 bits per heavy atom. The van der Waals surface area contributed by atoms with Gasteiger partial charge in [0.2, 0.25) is 0 Å². The van der Waals surface area contributed by atoms with E-state index in [0.29, 0.717) is 0 Å². The summed E-state index contributed by atoms with van der Waals surface area (Å²) in [6.07, 6.45) is 2.40. The van der Waals surface area contributed by atoms with E-state index in [-0.39, 0.29) is 11.5 Å². The minimum absolute atomic E-state index is 0.196. The van der Waals surface area contributed by atoms with Crippen LogP contribution < -0.4 is 5.32 Å². The highest BCUT2D eigenvalue weighted by atomic mass is 79.9. The summed E-state index contributed by atoms with van der Waals surface area (Å²) in [5, 5.41) is 2.78. The number of anilines is 1. The predicted octanol–water partition coefficient (Wildman–Crippen LogP) is 3.85. The molecular formula is C14H12BrFN2O. The Morgan fingerprint density at radius 2 is 1.84 bits per heavy atom. The number of aromatic nitrogens is 1. The number of nitrogens with zero attached hydrogens (tertiary/aromatic N) is 1. The molecule has 0 aliphatic heterocycles.